The van der Waals surface area contributed by atoms with Crippen LogP contribution < -0.4 is 5.73 Å². The summed E-state index contributed by atoms with van der Waals surface area (Å²) in [5.74, 6) is 0.0792. The molecule has 0 spiro atoms. The SMILES string of the molecule is Nc1ncnc2c1ncn2[C@@H]1O[C@H](CO[Se](=O)(=O)OP(=O)(O)O)C(O)C1O. The summed E-state index contributed by atoms with van der Waals surface area (Å²) < 4.78 is 48.0. The van der Waals surface area contributed by atoms with E-state index >= 15 is 0 Å². The van der Waals surface area contributed by atoms with E-state index in [4.69, 9.17) is 20.3 Å². The molecule has 0 aromatic carbocycles. The van der Waals surface area contributed by atoms with Crippen molar-refractivity contribution >= 4 is 38.2 Å². The van der Waals surface area contributed by atoms with Gasteiger partial charge in [-0.15, -0.1) is 0 Å². The number of imidazole rings is 1. The van der Waals surface area contributed by atoms with Gasteiger partial charge in [0.1, 0.15) is 0 Å². The molecule has 0 radical (unpaired) electrons. The van der Waals surface area contributed by atoms with Crippen LogP contribution in [-0.4, -0.2) is 77.8 Å². The van der Waals surface area contributed by atoms with E-state index < -0.39 is 52.3 Å². The molecule has 4 atom stereocenters. The van der Waals surface area contributed by atoms with E-state index in [0.717, 1.165) is 6.33 Å². The third-order valence-corrected chi connectivity index (χ3v) is 7.20. The summed E-state index contributed by atoms with van der Waals surface area (Å²) in [6, 6.07) is 0. The number of aromatic nitrogens is 4. The number of hydrogen-bond donors (Lipinski definition) is 5. The number of nitrogen functional groups attached to an aromatic ring is 1. The molecule has 2 aromatic rings. The molecule has 0 saturated carbocycles. The Morgan fingerprint density at radius 3 is 2.63 bits per heavy atom. The molecule has 0 bridgehead atoms. The van der Waals surface area contributed by atoms with Crippen LogP contribution in [0.1, 0.15) is 6.23 Å². The van der Waals surface area contributed by atoms with Gasteiger partial charge in [0, 0.05) is 0 Å². The topological polar surface area (TPSA) is 229 Å². The molecule has 1 fully saturated rings. The number of ether oxygens (including phenoxy) is 1. The van der Waals surface area contributed by atoms with Crippen molar-refractivity contribution in [2.45, 2.75) is 24.5 Å². The zero-order valence-electron chi connectivity index (χ0n) is 13.1. The predicted octanol–water partition coefficient (Wildman–Crippen LogP) is -2.55. The van der Waals surface area contributed by atoms with Gasteiger partial charge in [0.2, 0.25) is 0 Å². The Bertz CT molecular complexity index is 991. The number of anilines is 1. The Morgan fingerprint density at radius 1 is 1.26 bits per heavy atom. The second-order valence-electron chi connectivity index (χ2n) is 5.39. The van der Waals surface area contributed by atoms with Crippen LogP contribution in [0.4, 0.5) is 5.82 Å². The third-order valence-electron chi connectivity index (χ3n) is 3.56. The fourth-order valence-electron chi connectivity index (χ4n) is 2.44. The molecular weight excluding hydrogens is 460 g/mol. The summed E-state index contributed by atoms with van der Waals surface area (Å²) in [6.07, 6.45) is -3.30. The Balaban J connectivity index is 1.76. The van der Waals surface area contributed by atoms with E-state index in [2.05, 4.69) is 22.4 Å². The molecular formula is C10H14N5O10PSe. The van der Waals surface area contributed by atoms with Crippen molar-refractivity contribution < 1.29 is 44.4 Å². The van der Waals surface area contributed by atoms with Crippen LogP contribution in [0.25, 0.3) is 11.2 Å². The fraction of sp³-hybridized carbons (Fsp3) is 0.500. The van der Waals surface area contributed by atoms with E-state index in [9.17, 15) is 22.4 Å². The van der Waals surface area contributed by atoms with Crippen LogP contribution in [0.15, 0.2) is 12.7 Å². The maximum atomic E-state index is 11.4. The number of phosphoric acid groups is 1. The van der Waals surface area contributed by atoms with Crippen LogP contribution in [0.3, 0.4) is 0 Å². The quantitative estimate of drug-likeness (QED) is 0.214. The van der Waals surface area contributed by atoms with Gasteiger partial charge < -0.3 is 0 Å². The molecule has 6 N–H and O–H groups in total. The molecule has 1 aliphatic heterocycles. The number of aliphatic hydroxyl groups is 2. The van der Waals surface area contributed by atoms with Crippen molar-refractivity contribution in [2.24, 2.45) is 0 Å². The summed E-state index contributed by atoms with van der Waals surface area (Å²) in [4.78, 5) is 28.8. The zero-order chi connectivity index (χ0) is 20.0. The Hall–Kier alpha value is -1.58. The van der Waals surface area contributed by atoms with Gasteiger partial charge >= 0.3 is 152 Å². The van der Waals surface area contributed by atoms with Crippen molar-refractivity contribution in [1.82, 2.24) is 19.5 Å². The van der Waals surface area contributed by atoms with Crippen LogP contribution in [-0.2, 0) is 24.4 Å². The van der Waals surface area contributed by atoms with Crippen LogP contribution in [0, 0.1) is 0 Å². The minimum absolute atomic E-state index is 0.0792. The molecule has 2 unspecified atom stereocenters. The van der Waals surface area contributed by atoms with Gasteiger partial charge in [-0.2, -0.15) is 0 Å². The number of nitrogens with two attached hydrogens (primary N) is 1. The van der Waals surface area contributed by atoms with Gasteiger partial charge in [0.05, 0.1) is 0 Å². The average molecular weight is 474 g/mol. The van der Waals surface area contributed by atoms with Crippen molar-refractivity contribution in [1.29, 1.82) is 0 Å². The van der Waals surface area contributed by atoms with E-state index in [-0.39, 0.29) is 17.0 Å². The van der Waals surface area contributed by atoms with Gasteiger partial charge in [-0.3, -0.25) is 0 Å². The van der Waals surface area contributed by atoms with Gasteiger partial charge in [-0.05, 0) is 0 Å². The van der Waals surface area contributed by atoms with Crippen molar-refractivity contribution in [3.63, 3.8) is 0 Å². The second-order valence-corrected chi connectivity index (χ2v) is 9.66. The van der Waals surface area contributed by atoms with Gasteiger partial charge in [0.15, 0.2) is 0 Å². The van der Waals surface area contributed by atoms with E-state index in [1.807, 2.05) is 0 Å². The normalized spacial score (nSPS) is 26.7. The molecule has 3 heterocycles. The first kappa shape index (κ1) is 20.2. The number of rotatable bonds is 6. The second kappa shape index (κ2) is 7.10. The van der Waals surface area contributed by atoms with Crippen molar-refractivity contribution in [2.75, 3.05) is 12.3 Å². The molecule has 150 valence electrons. The summed E-state index contributed by atoms with van der Waals surface area (Å²) in [5.41, 5.74) is 6.08. The number of fused-ring (bicyclic) bond motifs is 1. The first-order chi connectivity index (χ1) is 12.5. The monoisotopic (exact) mass is 475 g/mol. The predicted molar refractivity (Wildman–Crippen MR) is 81.9 cm³/mol. The average Bonchev–Trinajstić information content (AvgIpc) is 3.07. The zero-order valence-corrected chi connectivity index (χ0v) is 15.7. The molecule has 17 heteroatoms. The number of aliphatic hydroxyl groups excluding tert-OH is 2. The van der Waals surface area contributed by atoms with E-state index in [1.165, 1.54) is 10.9 Å². The van der Waals surface area contributed by atoms with Crippen molar-refractivity contribution in [3.8, 4) is 0 Å². The van der Waals surface area contributed by atoms with Gasteiger partial charge in [-0.25, -0.2) is 0 Å². The summed E-state index contributed by atoms with van der Waals surface area (Å²) in [5, 5.41) is 20.2. The minimum atomic E-state index is -5.88. The molecule has 3 rings (SSSR count). The van der Waals surface area contributed by atoms with Gasteiger partial charge in [-0.1, -0.05) is 0 Å². The van der Waals surface area contributed by atoms with Crippen LogP contribution >= 0.6 is 7.82 Å². The molecule has 1 aliphatic rings. The Labute approximate surface area is 152 Å². The maximum absolute atomic E-state index is 11.4. The van der Waals surface area contributed by atoms with E-state index in [1.54, 1.807) is 0 Å². The summed E-state index contributed by atoms with van der Waals surface area (Å²) in [7, 11) is -5.33. The summed E-state index contributed by atoms with van der Waals surface area (Å²) in [6.45, 7) is -0.856. The third kappa shape index (κ3) is 4.30. The van der Waals surface area contributed by atoms with Crippen LogP contribution in [0.5, 0.6) is 0 Å². The molecule has 1 saturated heterocycles. The molecule has 0 aliphatic carbocycles. The van der Waals surface area contributed by atoms with Crippen LogP contribution in [0.2, 0.25) is 0 Å². The fourth-order valence-corrected chi connectivity index (χ4v) is 5.12. The first-order valence-corrected chi connectivity index (χ1v) is 11.4. The van der Waals surface area contributed by atoms with E-state index in [0.29, 0.717) is 0 Å². The Kier molecular flexibility index (Phi) is 5.30. The van der Waals surface area contributed by atoms with Crippen molar-refractivity contribution in [3.05, 3.63) is 12.7 Å². The standard InChI is InChI=1S/C10H14N5O10PSe/c11-8-5-9(13-2-12-8)15(3-14-5)10-7(17)6(16)4(24-10)1-23-27(21,22)25-26(18,19)20/h2-4,6-7,10,16-17H,1H2,(H2,11,12,13)(H2,18,19,20)/t4-,6?,7?,10-/m1/s1. The Morgan fingerprint density at radius 2 is 1.96 bits per heavy atom. The van der Waals surface area contributed by atoms with Gasteiger partial charge in [0.25, 0.3) is 0 Å². The molecule has 2 aromatic heterocycles. The molecule has 27 heavy (non-hydrogen) atoms. The number of hydrogen-bond acceptors (Lipinski definition) is 12. The first-order valence-electron chi connectivity index (χ1n) is 7.09. The molecule has 15 nitrogen and oxygen atoms in total. The molecule has 0 amide bonds. The number of nitrogens with zero attached hydrogens (tertiary/aromatic N) is 4. The summed E-state index contributed by atoms with van der Waals surface area (Å²) >= 11 is -5.88.